The van der Waals surface area contributed by atoms with Gasteiger partial charge in [-0.2, -0.15) is 0 Å². The molecule has 0 spiro atoms. The average molecular weight is 412 g/mol. The van der Waals surface area contributed by atoms with Gasteiger partial charge in [0.05, 0.1) is 5.56 Å². The third-order valence-electron chi connectivity index (χ3n) is 3.29. The maximum atomic E-state index is 12.1. The van der Waals surface area contributed by atoms with Gasteiger partial charge in [-0.15, -0.1) is 0 Å². The summed E-state index contributed by atoms with van der Waals surface area (Å²) in [6.45, 7) is 5.05. The summed E-state index contributed by atoms with van der Waals surface area (Å²) in [5, 5.41) is 2.73. The van der Waals surface area contributed by atoms with E-state index >= 15 is 0 Å². The molecule has 0 fully saturated rings. The standard InChI is InChI=1S/C17H16BrClN2O3/c1-9-4-5-12(7-13(9)18)21-14(22)8-24-17(23)15-10(2)6-11(3)20-16(15)19/h4-7H,8H2,1-3H3,(H,21,22). The third-order valence-corrected chi connectivity index (χ3v) is 4.42. The Morgan fingerprint density at radius 3 is 2.54 bits per heavy atom. The smallest absolute Gasteiger partial charge is 0.342 e. The van der Waals surface area contributed by atoms with Crippen molar-refractivity contribution in [2.75, 3.05) is 11.9 Å². The van der Waals surface area contributed by atoms with Crippen molar-refractivity contribution in [2.24, 2.45) is 0 Å². The Morgan fingerprint density at radius 1 is 1.21 bits per heavy atom. The van der Waals surface area contributed by atoms with Crippen molar-refractivity contribution in [3.05, 3.63) is 56.3 Å². The zero-order chi connectivity index (χ0) is 17.9. The summed E-state index contributed by atoms with van der Waals surface area (Å²) >= 11 is 9.38. The van der Waals surface area contributed by atoms with Crippen LogP contribution in [-0.2, 0) is 9.53 Å². The number of esters is 1. The molecule has 126 valence electrons. The van der Waals surface area contributed by atoms with Gasteiger partial charge in [0, 0.05) is 15.9 Å². The normalized spacial score (nSPS) is 10.4. The van der Waals surface area contributed by atoms with E-state index in [9.17, 15) is 9.59 Å². The molecule has 0 atom stereocenters. The van der Waals surface area contributed by atoms with Gasteiger partial charge in [-0.05, 0) is 50.1 Å². The lowest BCUT2D eigenvalue weighted by Crippen LogP contribution is -2.21. The quantitative estimate of drug-likeness (QED) is 0.604. The van der Waals surface area contributed by atoms with Gasteiger partial charge in [-0.1, -0.05) is 33.6 Å². The van der Waals surface area contributed by atoms with Crippen molar-refractivity contribution < 1.29 is 14.3 Å². The summed E-state index contributed by atoms with van der Waals surface area (Å²) in [4.78, 5) is 28.1. The first-order valence-corrected chi connectivity index (χ1v) is 8.32. The zero-order valence-electron chi connectivity index (χ0n) is 13.4. The van der Waals surface area contributed by atoms with Gasteiger partial charge in [0.2, 0.25) is 0 Å². The Hall–Kier alpha value is -1.92. The highest BCUT2D eigenvalue weighted by Gasteiger charge is 2.18. The van der Waals surface area contributed by atoms with Gasteiger partial charge in [0.15, 0.2) is 6.61 Å². The lowest BCUT2D eigenvalue weighted by atomic mass is 10.1. The Kier molecular flexibility index (Phi) is 5.96. The molecule has 0 aliphatic rings. The summed E-state index contributed by atoms with van der Waals surface area (Å²) in [6, 6.07) is 7.14. The molecule has 5 nitrogen and oxygen atoms in total. The molecule has 0 saturated carbocycles. The lowest BCUT2D eigenvalue weighted by Gasteiger charge is -2.10. The number of nitrogens with zero attached hydrogens (tertiary/aromatic N) is 1. The Labute approximate surface area is 153 Å². The molecule has 0 aliphatic carbocycles. The maximum absolute atomic E-state index is 12.1. The van der Waals surface area contributed by atoms with Crippen LogP contribution in [0.2, 0.25) is 5.15 Å². The van der Waals surface area contributed by atoms with E-state index in [0.717, 1.165) is 10.0 Å². The van der Waals surface area contributed by atoms with Crippen molar-refractivity contribution in [2.45, 2.75) is 20.8 Å². The molecule has 1 aromatic carbocycles. The van der Waals surface area contributed by atoms with Crippen LogP contribution in [0.4, 0.5) is 5.69 Å². The van der Waals surface area contributed by atoms with E-state index in [0.29, 0.717) is 16.9 Å². The maximum Gasteiger partial charge on any atom is 0.342 e. The van der Waals surface area contributed by atoms with Crippen molar-refractivity contribution in [3.8, 4) is 0 Å². The number of benzene rings is 1. The summed E-state index contributed by atoms with van der Waals surface area (Å²) < 4.78 is 5.91. The fourth-order valence-corrected chi connectivity index (χ4v) is 2.85. The van der Waals surface area contributed by atoms with Crippen LogP contribution in [0.3, 0.4) is 0 Å². The van der Waals surface area contributed by atoms with Crippen molar-refractivity contribution in [1.82, 2.24) is 4.98 Å². The average Bonchev–Trinajstić information content (AvgIpc) is 2.48. The number of aromatic nitrogens is 1. The predicted molar refractivity (Wildman–Crippen MR) is 96.5 cm³/mol. The highest BCUT2D eigenvalue weighted by molar-refractivity contribution is 9.10. The molecule has 0 bridgehead atoms. The fraction of sp³-hybridized carbons (Fsp3) is 0.235. The molecule has 1 heterocycles. The van der Waals surface area contributed by atoms with E-state index in [2.05, 4.69) is 26.2 Å². The molecule has 2 rings (SSSR count). The predicted octanol–water partition coefficient (Wildman–Crippen LogP) is 4.22. The summed E-state index contributed by atoms with van der Waals surface area (Å²) in [5.74, 6) is -1.11. The third kappa shape index (κ3) is 4.55. The monoisotopic (exact) mass is 410 g/mol. The molecule has 0 saturated heterocycles. The minimum atomic E-state index is -0.676. The van der Waals surface area contributed by atoms with Crippen molar-refractivity contribution in [1.29, 1.82) is 0 Å². The van der Waals surface area contributed by atoms with E-state index in [1.54, 1.807) is 32.0 Å². The fourth-order valence-electron chi connectivity index (χ4n) is 2.11. The number of pyridine rings is 1. The molecule has 24 heavy (non-hydrogen) atoms. The van der Waals surface area contributed by atoms with Gasteiger partial charge >= 0.3 is 5.97 Å². The second-order valence-corrected chi connectivity index (χ2v) is 6.55. The van der Waals surface area contributed by atoms with Crippen LogP contribution in [-0.4, -0.2) is 23.5 Å². The van der Waals surface area contributed by atoms with Crippen LogP contribution in [0.25, 0.3) is 0 Å². The molecular formula is C17H16BrClN2O3. The SMILES string of the molecule is Cc1cc(C)c(C(=O)OCC(=O)Nc2ccc(C)c(Br)c2)c(Cl)n1. The number of aryl methyl sites for hydroxylation is 3. The zero-order valence-corrected chi connectivity index (χ0v) is 15.8. The Bertz CT molecular complexity index is 785. The van der Waals surface area contributed by atoms with Crippen LogP contribution in [0, 0.1) is 20.8 Å². The van der Waals surface area contributed by atoms with Crippen LogP contribution in [0.5, 0.6) is 0 Å². The van der Waals surface area contributed by atoms with Crippen LogP contribution in [0.15, 0.2) is 28.7 Å². The van der Waals surface area contributed by atoms with Crippen LogP contribution < -0.4 is 5.32 Å². The van der Waals surface area contributed by atoms with Gasteiger partial charge in [-0.25, -0.2) is 9.78 Å². The number of amides is 1. The molecule has 0 unspecified atom stereocenters. The highest BCUT2D eigenvalue weighted by Crippen LogP contribution is 2.21. The number of hydrogen-bond acceptors (Lipinski definition) is 4. The van der Waals surface area contributed by atoms with E-state index in [1.807, 2.05) is 13.0 Å². The van der Waals surface area contributed by atoms with Crippen molar-refractivity contribution >= 4 is 45.1 Å². The van der Waals surface area contributed by atoms with Crippen molar-refractivity contribution in [3.63, 3.8) is 0 Å². The topological polar surface area (TPSA) is 68.3 Å². The molecule has 0 aliphatic heterocycles. The lowest BCUT2D eigenvalue weighted by molar-refractivity contribution is -0.119. The number of rotatable bonds is 4. The molecule has 2 aromatic rings. The van der Waals surface area contributed by atoms with E-state index in [1.165, 1.54) is 0 Å². The molecule has 1 amide bonds. The number of carbonyl (C=O) groups is 2. The number of carbonyl (C=O) groups excluding carboxylic acids is 2. The highest BCUT2D eigenvalue weighted by atomic mass is 79.9. The minimum absolute atomic E-state index is 0.0698. The summed E-state index contributed by atoms with van der Waals surface area (Å²) in [7, 11) is 0. The Balaban J connectivity index is 1.99. The van der Waals surface area contributed by atoms with Crippen LogP contribution in [0.1, 0.15) is 27.2 Å². The number of ether oxygens (including phenoxy) is 1. The van der Waals surface area contributed by atoms with Gasteiger partial charge in [0.1, 0.15) is 5.15 Å². The van der Waals surface area contributed by atoms with E-state index in [4.69, 9.17) is 16.3 Å². The first-order valence-electron chi connectivity index (χ1n) is 7.15. The molecule has 0 radical (unpaired) electrons. The van der Waals surface area contributed by atoms with Gasteiger partial charge < -0.3 is 10.1 Å². The summed E-state index contributed by atoms with van der Waals surface area (Å²) in [6.07, 6.45) is 0. The number of hydrogen-bond donors (Lipinski definition) is 1. The van der Waals surface area contributed by atoms with Gasteiger partial charge in [-0.3, -0.25) is 4.79 Å². The Morgan fingerprint density at radius 2 is 1.92 bits per heavy atom. The largest absolute Gasteiger partial charge is 0.452 e. The van der Waals surface area contributed by atoms with Gasteiger partial charge in [0.25, 0.3) is 5.91 Å². The molecule has 7 heteroatoms. The first-order chi connectivity index (χ1) is 11.3. The second kappa shape index (κ2) is 7.77. The van der Waals surface area contributed by atoms with E-state index < -0.39 is 18.5 Å². The number of anilines is 1. The van der Waals surface area contributed by atoms with Crippen LogP contribution >= 0.6 is 27.5 Å². The second-order valence-electron chi connectivity index (χ2n) is 5.33. The number of nitrogens with one attached hydrogen (secondary N) is 1. The summed E-state index contributed by atoms with van der Waals surface area (Å²) in [5.41, 5.74) is 3.20. The molecule has 1 N–H and O–H groups in total. The number of halogens is 2. The first kappa shape index (κ1) is 18.4. The van der Waals surface area contributed by atoms with E-state index in [-0.39, 0.29) is 10.7 Å². The molecular weight excluding hydrogens is 396 g/mol. The minimum Gasteiger partial charge on any atom is -0.452 e. The molecule has 1 aromatic heterocycles.